The Bertz CT molecular complexity index is 410. The zero-order valence-corrected chi connectivity index (χ0v) is 12.4. The van der Waals surface area contributed by atoms with E-state index >= 15 is 0 Å². The molecular formula is C14H22N2O2S. The van der Waals surface area contributed by atoms with Crippen molar-refractivity contribution in [3.8, 4) is 0 Å². The van der Waals surface area contributed by atoms with Crippen molar-refractivity contribution in [3.05, 3.63) is 29.3 Å². The second-order valence-electron chi connectivity index (χ2n) is 4.30. The van der Waals surface area contributed by atoms with Crippen molar-refractivity contribution in [2.75, 3.05) is 38.8 Å². The summed E-state index contributed by atoms with van der Waals surface area (Å²) in [6.45, 7) is 4.86. The summed E-state index contributed by atoms with van der Waals surface area (Å²) >= 11 is 5.04. The van der Waals surface area contributed by atoms with Crippen LogP contribution in [0.5, 0.6) is 0 Å². The number of rotatable bonds is 9. The van der Waals surface area contributed by atoms with E-state index in [0.717, 1.165) is 24.2 Å². The van der Waals surface area contributed by atoms with Crippen molar-refractivity contribution in [3.63, 3.8) is 0 Å². The molecule has 5 heteroatoms. The summed E-state index contributed by atoms with van der Waals surface area (Å²) in [5.41, 5.74) is 8.76. The maximum Gasteiger partial charge on any atom is 0.106 e. The van der Waals surface area contributed by atoms with E-state index in [1.54, 1.807) is 7.11 Å². The molecular weight excluding hydrogens is 260 g/mol. The highest BCUT2D eigenvalue weighted by Gasteiger charge is 2.04. The number of anilines is 1. The summed E-state index contributed by atoms with van der Waals surface area (Å²) in [6.07, 6.45) is 0.925. The van der Waals surface area contributed by atoms with Crippen molar-refractivity contribution < 1.29 is 9.47 Å². The number of hydrogen-bond acceptors (Lipinski definition) is 4. The minimum atomic E-state index is 0.416. The molecule has 0 heterocycles. The van der Waals surface area contributed by atoms with Gasteiger partial charge in [-0.15, -0.1) is 0 Å². The zero-order valence-electron chi connectivity index (χ0n) is 11.6. The average molecular weight is 282 g/mol. The van der Waals surface area contributed by atoms with E-state index in [9.17, 15) is 0 Å². The van der Waals surface area contributed by atoms with Crippen LogP contribution < -0.4 is 11.1 Å². The first-order valence-corrected chi connectivity index (χ1v) is 6.77. The minimum Gasteiger partial charge on any atom is -0.389 e. The van der Waals surface area contributed by atoms with Gasteiger partial charge in [0.1, 0.15) is 4.99 Å². The fourth-order valence-corrected chi connectivity index (χ4v) is 1.84. The van der Waals surface area contributed by atoms with Crippen LogP contribution in [-0.4, -0.2) is 38.5 Å². The van der Waals surface area contributed by atoms with Gasteiger partial charge in [-0.2, -0.15) is 0 Å². The van der Waals surface area contributed by atoms with Gasteiger partial charge in [0.25, 0.3) is 0 Å². The second kappa shape index (κ2) is 8.85. The fraction of sp³-hybridized carbons (Fsp3) is 0.500. The van der Waals surface area contributed by atoms with Crippen LogP contribution in [0.4, 0.5) is 5.69 Å². The van der Waals surface area contributed by atoms with Gasteiger partial charge in [-0.05, 0) is 31.0 Å². The van der Waals surface area contributed by atoms with Crippen LogP contribution >= 0.6 is 12.2 Å². The van der Waals surface area contributed by atoms with E-state index in [-0.39, 0.29) is 0 Å². The van der Waals surface area contributed by atoms with Crippen molar-refractivity contribution >= 4 is 22.9 Å². The molecule has 4 nitrogen and oxygen atoms in total. The van der Waals surface area contributed by atoms with Crippen LogP contribution in [0.3, 0.4) is 0 Å². The normalized spacial score (nSPS) is 10.4. The highest BCUT2D eigenvalue weighted by molar-refractivity contribution is 7.80. The van der Waals surface area contributed by atoms with E-state index in [4.69, 9.17) is 27.4 Å². The molecule has 19 heavy (non-hydrogen) atoms. The van der Waals surface area contributed by atoms with Crippen LogP contribution in [0.15, 0.2) is 18.2 Å². The Morgan fingerprint density at radius 3 is 2.79 bits per heavy atom. The summed E-state index contributed by atoms with van der Waals surface area (Å²) in [5.74, 6) is 0. The minimum absolute atomic E-state index is 0.416. The summed E-state index contributed by atoms with van der Waals surface area (Å²) < 4.78 is 10.3. The molecule has 0 unspecified atom stereocenters. The van der Waals surface area contributed by atoms with Gasteiger partial charge >= 0.3 is 0 Å². The molecule has 0 amide bonds. The van der Waals surface area contributed by atoms with Gasteiger partial charge < -0.3 is 20.5 Å². The number of thiocarbonyl (C=S) groups is 1. The van der Waals surface area contributed by atoms with Crippen LogP contribution in [0.1, 0.15) is 17.5 Å². The molecule has 106 valence electrons. The number of ether oxygens (including phenoxy) is 2. The molecule has 0 saturated carbocycles. The third-order valence-electron chi connectivity index (χ3n) is 2.65. The lowest BCUT2D eigenvalue weighted by Crippen LogP contribution is -2.15. The topological polar surface area (TPSA) is 56.5 Å². The average Bonchev–Trinajstić information content (AvgIpc) is 2.37. The molecule has 0 bridgehead atoms. The third kappa shape index (κ3) is 6.00. The molecule has 0 aliphatic carbocycles. The zero-order chi connectivity index (χ0) is 14.1. The van der Waals surface area contributed by atoms with Gasteiger partial charge in [0, 0.05) is 31.5 Å². The van der Waals surface area contributed by atoms with E-state index in [0.29, 0.717) is 24.8 Å². The number of benzene rings is 1. The lowest BCUT2D eigenvalue weighted by molar-refractivity contribution is 0.0705. The van der Waals surface area contributed by atoms with Gasteiger partial charge in [-0.1, -0.05) is 18.3 Å². The highest BCUT2D eigenvalue weighted by Crippen LogP contribution is 2.17. The first-order chi connectivity index (χ1) is 9.15. The first-order valence-electron chi connectivity index (χ1n) is 6.36. The monoisotopic (exact) mass is 282 g/mol. The number of aryl methyl sites for hydroxylation is 1. The van der Waals surface area contributed by atoms with Gasteiger partial charge in [-0.25, -0.2) is 0 Å². The fourth-order valence-electron chi connectivity index (χ4n) is 1.66. The molecule has 0 fully saturated rings. The Morgan fingerprint density at radius 1 is 1.32 bits per heavy atom. The Morgan fingerprint density at radius 2 is 2.11 bits per heavy atom. The molecule has 0 aliphatic rings. The largest absolute Gasteiger partial charge is 0.389 e. The second-order valence-corrected chi connectivity index (χ2v) is 4.74. The highest BCUT2D eigenvalue weighted by atomic mass is 32.1. The standard InChI is InChI=1S/C14H22N2O2S/c1-11-4-5-12(14(15)19)13(10-11)16-6-3-7-18-9-8-17-2/h4-5,10,16H,3,6-9H2,1-2H3,(H2,15,19). The van der Waals surface area contributed by atoms with E-state index < -0.39 is 0 Å². The molecule has 0 spiro atoms. The molecule has 0 radical (unpaired) electrons. The molecule has 0 atom stereocenters. The molecule has 1 aromatic carbocycles. The number of nitrogens with two attached hydrogens (primary N) is 1. The maximum absolute atomic E-state index is 5.70. The van der Waals surface area contributed by atoms with E-state index in [1.165, 1.54) is 5.56 Å². The van der Waals surface area contributed by atoms with Crippen molar-refractivity contribution in [2.24, 2.45) is 5.73 Å². The lowest BCUT2D eigenvalue weighted by atomic mass is 10.1. The summed E-state index contributed by atoms with van der Waals surface area (Å²) in [7, 11) is 1.67. The molecule has 3 N–H and O–H groups in total. The van der Waals surface area contributed by atoms with Crippen molar-refractivity contribution in [2.45, 2.75) is 13.3 Å². The molecule has 1 aromatic rings. The Kier molecular flexibility index (Phi) is 7.40. The Balaban J connectivity index is 2.36. The molecule has 1 rings (SSSR count). The van der Waals surface area contributed by atoms with Crippen LogP contribution in [0.2, 0.25) is 0 Å². The van der Waals surface area contributed by atoms with Crippen LogP contribution in [-0.2, 0) is 9.47 Å². The van der Waals surface area contributed by atoms with Crippen LogP contribution in [0, 0.1) is 6.92 Å². The number of hydrogen-bond donors (Lipinski definition) is 2. The van der Waals surface area contributed by atoms with Gasteiger partial charge in [0.2, 0.25) is 0 Å². The summed E-state index contributed by atoms with van der Waals surface area (Å²) in [4.78, 5) is 0.416. The summed E-state index contributed by atoms with van der Waals surface area (Å²) in [6, 6.07) is 6.02. The lowest BCUT2D eigenvalue weighted by Gasteiger charge is -2.12. The van der Waals surface area contributed by atoms with Gasteiger partial charge in [0.15, 0.2) is 0 Å². The Hall–Kier alpha value is -1.17. The molecule has 0 aliphatic heterocycles. The summed E-state index contributed by atoms with van der Waals surface area (Å²) in [5, 5.41) is 3.35. The number of methoxy groups -OCH3 is 1. The smallest absolute Gasteiger partial charge is 0.106 e. The molecule has 0 aromatic heterocycles. The van der Waals surface area contributed by atoms with E-state index in [2.05, 4.69) is 11.4 Å². The SMILES string of the molecule is COCCOCCCNc1cc(C)ccc1C(N)=S. The Labute approximate surface area is 120 Å². The maximum atomic E-state index is 5.70. The first kappa shape index (κ1) is 15.9. The quantitative estimate of drug-likeness (QED) is 0.536. The van der Waals surface area contributed by atoms with Crippen LogP contribution in [0.25, 0.3) is 0 Å². The molecule has 0 saturated heterocycles. The van der Waals surface area contributed by atoms with E-state index in [1.807, 2.05) is 19.1 Å². The predicted octanol–water partition coefficient (Wildman–Crippen LogP) is 2.09. The van der Waals surface area contributed by atoms with Gasteiger partial charge in [-0.3, -0.25) is 0 Å². The third-order valence-corrected chi connectivity index (χ3v) is 2.87. The van der Waals surface area contributed by atoms with Gasteiger partial charge in [0.05, 0.1) is 13.2 Å². The predicted molar refractivity (Wildman–Crippen MR) is 82.9 cm³/mol. The van der Waals surface area contributed by atoms with Crippen molar-refractivity contribution in [1.29, 1.82) is 0 Å². The van der Waals surface area contributed by atoms with Crippen molar-refractivity contribution in [1.82, 2.24) is 0 Å². The number of nitrogens with one attached hydrogen (secondary N) is 1.